The van der Waals surface area contributed by atoms with E-state index in [2.05, 4.69) is 25.2 Å². The molecule has 0 bridgehead atoms. The summed E-state index contributed by atoms with van der Waals surface area (Å²) in [5.74, 6) is 1.51. The van der Waals surface area contributed by atoms with Crippen molar-refractivity contribution < 1.29 is 13.9 Å². The third-order valence-electron chi connectivity index (χ3n) is 3.19. The number of furan rings is 1. The van der Waals surface area contributed by atoms with Crippen LogP contribution in [0, 0.1) is 5.92 Å². The van der Waals surface area contributed by atoms with Gasteiger partial charge in [-0.3, -0.25) is 0 Å². The molecule has 1 aromatic heterocycles. The standard InChI is InChI=1S/C17H25NO3/c1-13(2)11-19-8-9-20-12-15-14-6-4-5-7-16(14)21-17(15)10-18-3/h4-7,13,18H,8-12H2,1-3H3. The lowest BCUT2D eigenvalue weighted by Gasteiger charge is -2.08. The van der Waals surface area contributed by atoms with Crippen molar-refractivity contribution in [2.45, 2.75) is 27.0 Å². The highest BCUT2D eigenvalue weighted by atomic mass is 16.5. The van der Waals surface area contributed by atoms with Crippen molar-refractivity contribution in [3.05, 3.63) is 35.6 Å². The second-order valence-corrected chi connectivity index (χ2v) is 5.55. The minimum Gasteiger partial charge on any atom is -0.459 e. The second kappa shape index (κ2) is 8.17. The molecule has 4 heteroatoms. The first kappa shape index (κ1) is 16.0. The molecule has 1 heterocycles. The van der Waals surface area contributed by atoms with E-state index in [-0.39, 0.29) is 0 Å². The topological polar surface area (TPSA) is 43.6 Å². The highest BCUT2D eigenvalue weighted by Gasteiger charge is 2.13. The molecule has 0 atom stereocenters. The molecule has 0 saturated heterocycles. The van der Waals surface area contributed by atoms with Crippen molar-refractivity contribution in [3.8, 4) is 0 Å². The lowest BCUT2D eigenvalue weighted by molar-refractivity contribution is 0.0313. The Morgan fingerprint density at radius 2 is 1.90 bits per heavy atom. The molecule has 0 aliphatic heterocycles. The quantitative estimate of drug-likeness (QED) is 0.720. The van der Waals surface area contributed by atoms with Gasteiger partial charge in [-0.15, -0.1) is 0 Å². The molecule has 1 aromatic carbocycles. The first-order valence-corrected chi connectivity index (χ1v) is 7.51. The lowest BCUT2D eigenvalue weighted by Crippen LogP contribution is -2.10. The zero-order chi connectivity index (χ0) is 15.1. The predicted octanol–water partition coefficient (Wildman–Crippen LogP) is 3.34. The molecule has 2 rings (SSSR count). The Morgan fingerprint density at radius 3 is 2.67 bits per heavy atom. The monoisotopic (exact) mass is 291 g/mol. The van der Waals surface area contributed by atoms with Gasteiger partial charge in [-0.1, -0.05) is 32.0 Å². The number of fused-ring (bicyclic) bond motifs is 1. The fourth-order valence-corrected chi connectivity index (χ4v) is 2.22. The molecule has 0 spiro atoms. The van der Waals surface area contributed by atoms with Crippen LogP contribution in [0.25, 0.3) is 11.0 Å². The molecular weight excluding hydrogens is 266 g/mol. The van der Waals surface area contributed by atoms with E-state index in [1.807, 2.05) is 25.2 Å². The van der Waals surface area contributed by atoms with Gasteiger partial charge in [-0.05, 0) is 19.0 Å². The second-order valence-electron chi connectivity index (χ2n) is 5.55. The van der Waals surface area contributed by atoms with Crippen molar-refractivity contribution in [2.24, 2.45) is 5.92 Å². The maximum absolute atomic E-state index is 5.88. The average molecular weight is 291 g/mol. The largest absolute Gasteiger partial charge is 0.459 e. The maximum Gasteiger partial charge on any atom is 0.134 e. The number of hydrogen-bond acceptors (Lipinski definition) is 4. The van der Waals surface area contributed by atoms with Gasteiger partial charge in [0.05, 0.1) is 26.4 Å². The Bertz CT molecular complexity index is 548. The first-order valence-electron chi connectivity index (χ1n) is 7.51. The van der Waals surface area contributed by atoms with Gasteiger partial charge in [0.25, 0.3) is 0 Å². The molecule has 0 amide bonds. The van der Waals surface area contributed by atoms with Crippen LogP contribution in [0.15, 0.2) is 28.7 Å². The van der Waals surface area contributed by atoms with E-state index in [0.717, 1.165) is 28.9 Å². The van der Waals surface area contributed by atoms with E-state index in [0.29, 0.717) is 32.3 Å². The summed E-state index contributed by atoms with van der Waals surface area (Å²) in [5, 5.41) is 4.26. The molecule has 0 fully saturated rings. The summed E-state index contributed by atoms with van der Waals surface area (Å²) in [5.41, 5.74) is 2.04. The van der Waals surface area contributed by atoms with Crippen molar-refractivity contribution in [2.75, 3.05) is 26.9 Å². The Morgan fingerprint density at radius 1 is 1.14 bits per heavy atom. The van der Waals surface area contributed by atoms with Gasteiger partial charge >= 0.3 is 0 Å². The van der Waals surface area contributed by atoms with Crippen molar-refractivity contribution in [3.63, 3.8) is 0 Å². The van der Waals surface area contributed by atoms with Crippen LogP contribution >= 0.6 is 0 Å². The van der Waals surface area contributed by atoms with E-state index >= 15 is 0 Å². The summed E-state index contributed by atoms with van der Waals surface area (Å²) in [7, 11) is 1.91. The van der Waals surface area contributed by atoms with Crippen LogP contribution in [0.3, 0.4) is 0 Å². The Hall–Kier alpha value is -1.36. The summed E-state index contributed by atoms with van der Waals surface area (Å²) in [6.45, 7) is 7.56. The van der Waals surface area contributed by atoms with E-state index < -0.39 is 0 Å². The molecule has 0 aliphatic rings. The van der Waals surface area contributed by atoms with Crippen LogP contribution in [-0.4, -0.2) is 26.9 Å². The van der Waals surface area contributed by atoms with Crippen molar-refractivity contribution in [1.82, 2.24) is 5.32 Å². The van der Waals surface area contributed by atoms with E-state index in [1.54, 1.807) is 0 Å². The smallest absolute Gasteiger partial charge is 0.134 e. The van der Waals surface area contributed by atoms with Crippen molar-refractivity contribution >= 4 is 11.0 Å². The summed E-state index contributed by atoms with van der Waals surface area (Å²) in [6, 6.07) is 8.07. The average Bonchev–Trinajstić information content (AvgIpc) is 2.80. The molecular formula is C17H25NO3. The number of ether oxygens (including phenoxy) is 2. The molecule has 4 nitrogen and oxygen atoms in total. The number of rotatable bonds is 9. The molecule has 0 radical (unpaired) electrons. The van der Waals surface area contributed by atoms with Gasteiger partial charge in [-0.25, -0.2) is 0 Å². The zero-order valence-corrected chi connectivity index (χ0v) is 13.1. The third kappa shape index (κ3) is 4.56. The van der Waals surface area contributed by atoms with E-state index in [9.17, 15) is 0 Å². The molecule has 0 aliphatic carbocycles. The van der Waals surface area contributed by atoms with Crippen LogP contribution in [0.1, 0.15) is 25.2 Å². The Labute approximate surface area is 126 Å². The fourth-order valence-electron chi connectivity index (χ4n) is 2.22. The van der Waals surface area contributed by atoms with Gasteiger partial charge in [0.1, 0.15) is 11.3 Å². The molecule has 0 unspecified atom stereocenters. The van der Waals surface area contributed by atoms with E-state index in [1.165, 1.54) is 0 Å². The van der Waals surface area contributed by atoms with E-state index in [4.69, 9.17) is 13.9 Å². The predicted molar refractivity (Wildman–Crippen MR) is 84.3 cm³/mol. The molecule has 116 valence electrons. The normalized spacial score (nSPS) is 11.6. The molecule has 21 heavy (non-hydrogen) atoms. The molecule has 1 N–H and O–H groups in total. The minimum atomic E-state index is 0.555. The number of para-hydroxylation sites is 1. The van der Waals surface area contributed by atoms with Gasteiger partial charge in [-0.2, -0.15) is 0 Å². The Balaban J connectivity index is 1.92. The van der Waals surface area contributed by atoms with Gasteiger partial charge in [0.2, 0.25) is 0 Å². The van der Waals surface area contributed by atoms with Crippen LogP contribution < -0.4 is 5.32 Å². The minimum absolute atomic E-state index is 0.555. The maximum atomic E-state index is 5.88. The summed E-state index contributed by atoms with van der Waals surface area (Å²) < 4.78 is 17.1. The lowest BCUT2D eigenvalue weighted by atomic mass is 10.1. The number of hydrogen-bond donors (Lipinski definition) is 1. The number of benzene rings is 1. The SMILES string of the molecule is CNCc1oc2ccccc2c1COCCOCC(C)C. The van der Waals surface area contributed by atoms with Crippen LogP contribution in [0.2, 0.25) is 0 Å². The fraction of sp³-hybridized carbons (Fsp3) is 0.529. The molecule has 0 saturated carbocycles. The summed E-state index contributed by atoms with van der Waals surface area (Å²) in [6.07, 6.45) is 0. The van der Waals surface area contributed by atoms with Crippen molar-refractivity contribution in [1.29, 1.82) is 0 Å². The first-order chi connectivity index (χ1) is 10.2. The summed E-state index contributed by atoms with van der Waals surface area (Å²) >= 11 is 0. The Kier molecular flexibility index (Phi) is 6.23. The highest BCUT2D eigenvalue weighted by molar-refractivity contribution is 5.82. The van der Waals surface area contributed by atoms with Crippen LogP contribution in [-0.2, 0) is 22.6 Å². The van der Waals surface area contributed by atoms with Gasteiger partial charge in [0.15, 0.2) is 0 Å². The molecule has 2 aromatic rings. The van der Waals surface area contributed by atoms with Crippen LogP contribution in [0.5, 0.6) is 0 Å². The highest BCUT2D eigenvalue weighted by Crippen LogP contribution is 2.26. The zero-order valence-electron chi connectivity index (χ0n) is 13.1. The van der Waals surface area contributed by atoms with Gasteiger partial charge in [0, 0.05) is 17.6 Å². The summed E-state index contributed by atoms with van der Waals surface area (Å²) in [4.78, 5) is 0. The third-order valence-corrected chi connectivity index (χ3v) is 3.19. The van der Waals surface area contributed by atoms with Gasteiger partial charge < -0.3 is 19.2 Å². The van der Waals surface area contributed by atoms with Crippen LogP contribution in [0.4, 0.5) is 0 Å². The number of nitrogens with one attached hydrogen (secondary N) is 1.